The largest absolute Gasteiger partial charge is 0.368 e. The maximum absolute atomic E-state index is 12.9. The van der Waals surface area contributed by atoms with E-state index in [1.807, 2.05) is 52.3 Å². The topological polar surface area (TPSA) is 49.9 Å². The van der Waals surface area contributed by atoms with Gasteiger partial charge in [0.15, 0.2) is 0 Å². The molecule has 2 amide bonds. The Balaban J connectivity index is 1.39. The monoisotopic (exact) mass is 378 g/mol. The highest BCUT2D eigenvalue weighted by molar-refractivity contribution is 5.94. The van der Waals surface area contributed by atoms with Gasteiger partial charge in [-0.25, -0.2) is 0 Å². The van der Waals surface area contributed by atoms with E-state index in [4.69, 9.17) is 4.74 Å². The molecule has 1 unspecified atom stereocenters. The number of benzene rings is 2. The zero-order chi connectivity index (χ0) is 19.3. The molecule has 0 radical (unpaired) electrons. The van der Waals surface area contributed by atoms with Crippen LogP contribution in [0.4, 0.5) is 0 Å². The fourth-order valence-corrected chi connectivity index (χ4v) is 3.94. The third kappa shape index (κ3) is 4.09. The average molecular weight is 378 g/mol. The van der Waals surface area contributed by atoms with Crippen LogP contribution in [-0.2, 0) is 9.53 Å². The number of hydrogen-bond acceptors (Lipinski definition) is 3. The van der Waals surface area contributed by atoms with Crippen LogP contribution in [0.5, 0.6) is 0 Å². The Hall–Kier alpha value is -2.66. The van der Waals surface area contributed by atoms with Gasteiger partial charge in [-0.15, -0.1) is 0 Å². The first-order chi connectivity index (χ1) is 13.7. The molecule has 2 aromatic rings. The van der Waals surface area contributed by atoms with Crippen LogP contribution in [0, 0.1) is 0 Å². The smallest absolute Gasteiger partial charge is 0.253 e. The maximum Gasteiger partial charge on any atom is 0.253 e. The summed E-state index contributed by atoms with van der Waals surface area (Å²) in [5.41, 5.74) is 2.93. The molecule has 2 aromatic carbocycles. The molecule has 28 heavy (non-hydrogen) atoms. The SMILES string of the molecule is O=C(c1ccc(-c2ccccc2)cc1)N1CCCN(C(=O)C2CCCO2)CC1. The minimum absolute atomic E-state index is 0.0334. The highest BCUT2D eigenvalue weighted by atomic mass is 16.5. The normalized spacial score (nSPS) is 20.1. The molecule has 2 heterocycles. The predicted octanol–water partition coefficient (Wildman–Crippen LogP) is 3.21. The van der Waals surface area contributed by atoms with Crippen LogP contribution in [0.1, 0.15) is 29.6 Å². The second-order valence-electron chi connectivity index (χ2n) is 7.42. The molecule has 2 aliphatic rings. The number of hydrogen-bond donors (Lipinski definition) is 0. The van der Waals surface area contributed by atoms with Crippen LogP contribution in [0.3, 0.4) is 0 Å². The lowest BCUT2D eigenvalue weighted by Crippen LogP contribution is -2.41. The Morgan fingerprint density at radius 2 is 1.46 bits per heavy atom. The average Bonchev–Trinajstić information content (AvgIpc) is 3.18. The van der Waals surface area contributed by atoms with E-state index in [1.54, 1.807) is 0 Å². The third-order valence-electron chi connectivity index (χ3n) is 5.54. The molecule has 0 aliphatic carbocycles. The highest BCUT2D eigenvalue weighted by Gasteiger charge is 2.30. The molecule has 1 atom stereocenters. The van der Waals surface area contributed by atoms with E-state index in [0.29, 0.717) is 38.3 Å². The lowest BCUT2D eigenvalue weighted by atomic mass is 10.0. The van der Waals surface area contributed by atoms with E-state index in [-0.39, 0.29) is 17.9 Å². The summed E-state index contributed by atoms with van der Waals surface area (Å²) >= 11 is 0. The zero-order valence-electron chi connectivity index (χ0n) is 16.0. The fraction of sp³-hybridized carbons (Fsp3) is 0.391. The van der Waals surface area contributed by atoms with Crippen molar-refractivity contribution in [3.8, 4) is 11.1 Å². The van der Waals surface area contributed by atoms with Crippen molar-refractivity contribution in [2.24, 2.45) is 0 Å². The van der Waals surface area contributed by atoms with Crippen LogP contribution in [0.25, 0.3) is 11.1 Å². The number of nitrogens with zero attached hydrogens (tertiary/aromatic N) is 2. The van der Waals surface area contributed by atoms with Gasteiger partial charge in [-0.3, -0.25) is 9.59 Å². The summed E-state index contributed by atoms with van der Waals surface area (Å²) in [4.78, 5) is 29.2. The molecule has 0 saturated carbocycles. The van der Waals surface area contributed by atoms with Crippen LogP contribution in [0.2, 0.25) is 0 Å². The molecule has 146 valence electrons. The quantitative estimate of drug-likeness (QED) is 0.824. The number of ether oxygens (including phenoxy) is 1. The zero-order valence-corrected chi connectivity index (χ0v) is 16.0. The van der Waals surface area contributed by atoms with Crippen molar-refractivity contribution in [2.75, 3.05) is 32.8 Å². The van der Waals surface area contributed by atoms with Gasteiger partial charge < -0.3 is 14.5 Å². The Morgan fingerprint density at radius 3 is 2.18 bits per heavy atom. The second kappa shape index (κ2) is 8.57. The molecule has 0 spiro atoms. The molecule has 4 rings (SSSR count). The lowest BCUT2D eigenvalue weighted by molar-refractivity contribution is -0.140. The highest BCUT2D eigenvalue weighted by Crippen LogP contribution is 2.21. The van der Waals surface area contributed by atoms with E-state index in [9.17, 15) is 9.59 Å². The lowest BCUT2D eigenvalue weighted by Gasteiger charge is -2.24. The molecular formula is C23H26N2O3. The van der Waals surface area contributed by atoms with Crippen molar-refractivity contribution in [1.29, 1.82) is 0 Å². The minimum Gasteiger partial charge on any atom is -0.368 e. The van der Waals surface area contributed by atoms with Gasteiger partial charge >= 0.3 is 0 Å². The van der Waals surface area contributed by atoms with Gasteiger partial charge in [-0.2, -0.15) is 0 Å². The Kier molecular flexibility index (Phi) is 5.72. The molecular weight excluding hydrogens is 352 g/mol. The van der Waals surface area contributed by atoms with Crippen molar-refractivity contribution >= 4 is 11.8 Å². The van der Waals surface area contributed by atoms with Gasteiger partial charge in [-0.1, -0.05) is 42.5 Å². The fourth-order valence-electron chi connectivity index (χ4n) is 3.94. The molecule has 2 fully saturated rings. The van der Waals surface area contributed by atoms with Crippen molar-refractivity contribution < 1.29 is 14.3 Å². The van der Waals surface area contributed by atoms with Gasteiger partial charge in [0, 0.05) is 38.3 Å². The number of rotatable bonds is 3. The predicted molar refractivity (Wildman–Crippen MR) is 108 cm³/mol. The summed E-state index contributed by atoms with van der Waals surface area (Å²) in [6.07, 6.45) is 2.28. The molecule has 0 N–H and O–H groups in total. The van der Waals surface area contributed by atoms with E-state index in [0.717, 1.165) is 30.4 Å². The number of amides is 2. The van der Waals surface area contributed by atoms with E-state index in [1.165, 1.54) is 0 Å². The standard InChI is InChI=1S/C23H26N2O3/c26-22(20-11-9-19(10-12-20)18-6-2-1-3-7-18)24-13-5-14-25(16-15-24)23(27)21-8-4-17-28-21/h1-3,6-7,9-12,21H,4-5,8,13-17H2. The Bertz CT molecular complexity index is 814. The molecule has 2 saturated heterocycles. The summed E-state index contributed by atoms with van der Waals surface area (Å²) in [5.74, 6) is 0.116. The molecule has 5 nitrogen and oxygen atoms in total. The van der Waals surface area contributed by atoms with Crippen LogP contribution < -0.4 is 0 Å². The van der Waals surface area contributed by atoms with E-state index >= 15 is 0 Å². The molecule has 5 heteroatoms. The Morgan fingerprint density at radius 1 is 0.786 bits per heavy atom. The summed E-state index contributed by atoms with van der Waals surface area (Å²) in [7, 11) is 0. The van der Waals surface area contributed by atoms with Crippen molar-refractivity contribution in [2.45, 2.75) is 25.4 Å². The minimum atomic E-state index is -0.284. The van der Waals surface area contributed by atoms with Crippen molar-refractivity contribution in [3.05, 3.63) is 60.2 Å². The molecule has 2 aliphatic heterocycles. The van der Waals surface area contributed by atoms with Gasteiger partial charge in [0.05, 0.1) is 0 Å². The first-order valence-corrected chi connectivity index (χ1v) is 10.1. The van der Waals surface area contributed by atoms with Crippen LogP contribution >= 0.6 is 0 Å². The molecule has 0 bridgehead atoms. The Labute approximate surface area is 165 Å². The van der Waals surface area contributed by atoms with Crippen molar-refractivity contribution in [3.63, 3.8) is 0 Å². The van der Waals surface area contributed by atoms with Crippen LogP contribution in [0.15, 0.2) is 54.6 Å². The molecule has 0 aromatic heterocycles. The summed E-state index contributed by atoms with van der Waals surface area (Å²) in [6, 6.07) is 17.9. The maximum atomic E-state index is 12.9. The second-order valence-corrected chi connectivity index (χ2v) is 7.42. The van der Waals surface area contributed by atoms with Gasteiger partial charge in [0.1, 0.15) is 6.10 Å². The van der Waals surface area contributed by atoms with E-state index in [2.05, 4.69) is 12.1 Å². The van der Waals surface area contributed by atoms with Gasteiger partial charge in [0.2, 0.25) is 0 Å². The summed E-state index contributed by atoms with van der Waals surface area (Å²) in [6.45, 7) is 3.18. The van der Waals surface area contributed by atoms with E-state index < -0.39 is 0 Å². The number of carbonyl (C=O) groups excluding carboxylic acids is 2. The third-order valence-corrected chi connectivity index (χ3v) is 5.54. The first-order valence-electron chi connectivity index (χ1n) is 10.1. The summed E-state index contributed by atoms with van der Waals surface area (Å²) < 4.78 is 5.53. The van der Waals surface area contributed by atoms with Gasteiger partial charge in [-0.05, 0) is 42.5 Å². The van der Waals surface area contributed by atoms with Crippen LogP contribution in [-0.4, -0.2) is 60.5 Å². The van der Waals surface area contributed by atoms with Crippen molar-refractivity contribution in [1.82, 2.24) is 9.80 Å². The first kappa shape index (κ1) is 18.7. The van der Waals surface area contributed by atoms with Gasteiger partial charge in [0.25, 0.3) is 11.8 Å². The number of carbonyl (C=O) groups is 2. The summed E-state index contributed by atoms with van der Waals surface area (Å²) in [5, 5.41) is 0.